The monoisotopic (exact) mass is 328 g/mol. The van der Waals surface area contributed by atoms with E-state index in [1.54, 1.807) is 25.3 Å². The van der Waals surface area contributed by atoms with Crippen molar-refractivity contribution >= 4 is 21.7 Å². The van der Waals surface area contributed by atoms with Crippen molar-refractivity contribution in [1.82, 2.24) is 0 Å². The van der Waals surface area contributed by atoms with E-state index in [4.69, 9.17) is 9.47 Å². The van der Waals surface area contributed by atoms with Gasteiger partial charge in [-0.1, -0.05) is 13.8 Å². The second-order valence-electron chi connectivity index (χ2n) is 4.86. The smallest absolute Gasteiger partial charge is 0.188 e. The number of methoxy groups -OCH3 is 1. The van der Waals surface area contributed by atoms with Gasteiger partial charge in [-0.3, -0.25) is 4.79 Å². The fourth-order valence-corrected chi connectivity index (χ4v) is 2.22. The molecule has 0 bridgehead atoms. The van der Waals surface area contributed by atoms with Crippen LogP contribution < -0.4 is 4.74 Å². The Morgan fingerprint density at radius 2 is 2.11 bits per heavy atom. The van der Waals surface area contributed by atoms with Crippen LogP contribution in [0.1, 0.15) is 37.0 Å². The summed E-state index contributed by atoms with van der Waals surface area (Å²) in [6.07, 6.45) is 2.12. The van der Waals surface area contributed by atoms with Gasteiger partial charge in [0.25, 0.3) is 0 Å². The molecule has 3 nitrogen and oxygen atoms in total. The van der Waals surface area contributed by atoms with E-state index >= 15 is 0 Å². The van der Waals surface area contributed by atoms with Gasteiger partial charge in [-0.25, -0.2) is 0 Å². The molecule has 0 spiro atoms. The number of carbonyl (C=O) groups is 1. The lowest BCUT2D eigenvalue weighted by Gasteiger charge is -2.07. The summed E-state index contributed by atoms with van der Waals surface area (Å²) in [5, 5.41) is 0. The Labute approximate surface area is 123 Å². The van der Waals surface area contributed by atoms with Crippen LogP contribution >= 0.6 is 15.9 Å². The topological polar surface area (TPSA) is 35.5 Å². The van der Waals surface area contributed by atoms with Crippen LogP contribution in [0.15, 0.2) is 22.7 Å². The second kappa shape index (κ2) is 8.33. The quantitative estimate of drug-likeness (QED) is 0.532. The number of Topliss-reactive ketones (excluding diaryl/α,β-unsaturated/α-hetero) is 1. The zero-order valence-corrected chi connectivity index (χ0v) is 13.3. The number of ether oxygens (including phenoxy) is 2. The van der Waals surface area contributed by atoms with Gasteiger partial charge in [0.05, 0.1) is 11.6 Å². The molecule has 0 heterocycles. The lowest BCUT2D eigenvalue weighted by atomic mass is 10.1. The molecule has 0 aliphatic rings. The maximum atomic E-state index is 11.9. The molecule has 0 aliphatic heterocycles. The molecule has 1 rings (SSSR count). The van der Waals surface area contributed by atoms with E-state index in [9.17, 15) is 4.79 Å². The third kappa shape index (κ3) is 5.74. The molecule has 0 saturated carbocycles. The third-order valence-electron chi connectivity index (χ3n) is 2.78. The molecule has 4 heteroatoms. The van der Waals surface area contributed by atoms with Gasteiger partial charge in [-0.15, -0.1) is 0 Å². The molecular weight excluding hydrogens is 308 g/mol. The number of hydrogen-bond donors (Lipinski definition) is 0. The highest BCUT2D eigenvalue weighted by Gasteiger charge is 2.09. The number of carbonyl (C=O) groups excluding carboxylic acids is 1. The minimum Gasteiger partial charge on any atom is -0.496 e. The van der Waals surface area contributed by atoms with Crippen LogP contribution in [-0.2, 0) is 4.74 Å². The Balaban J connectivity index is 2.39. The summed E-state index contributed by atoms with van der Waals surface area (Å²) >= 11 is 3.37. The van der Waals surface area contributed by atoms with Crippen molar-refractivity contribution in [3.05, 3.63) is 28.2 Å². The average Bonchev–Trinajstić information content (AvgIpc) is 2.37. The Morgan fingerprint density at radius 3 is 2.68 bits per heavy atom. The standard InChI is InChI=1S/C15H21BrO3/c1-11(2)5-4-8-19-10-14(17)12-6-7-15(18-3)13(16)9-12/h6-7,9,11H,4-5,8,10H2,1-3H3. The molecule has 0 unspecified atom stereocenters. The number of halogens is 1. The first-order valence-electron chi connectivity index (χ1n) is 6.49. The van der Waals surface area contributed by atoms with Crippen molar-refractivity contribution in [2.45, 2.75) is 26.7 Å². The first-order chi connectivity index (χ1) is 9.04. The van der Waals surface area contributed by atoms with Gasteiger partial charge in [0.1, 0.15) is 12.4 Å². The molecule has 106 valence electrons. The van der Waals surface area contributed by atoms with E-state index in [0.29, 0.717) is 18.1 Å². The highest BCUT2D eigenvalue weighted by Crippen LogP contribution is 2.25. The van der Waals surface area contributed by atoms with Crippen molar-refractivity contribution < 1.29 is 14.3 Å². The SMILES string of the molecule is COc1ccc(C(=O)COCCCC(C)C)cc1Br. The van der Waals surface area contributed by atoms with E-state index in [-0.39, 0.29) is 12.4 Å². The summed E-state index contributed by atoms with van der Waals surface area (Å²) < 4.78 is 11.3. The number of ketones is 1. The summed E-state index contributed by atoms with van der Waals surface area (Å²) in [6.45, 7) is 5.14. The van der Waals surface area contributed by atoms with E-state index in [0.717, 1.165) is 23.1 Å². The van der Waals surface area contributed by atoms with Crippen molar-refractivity contribution in [2.75, 3.05) is 20.3 Å². The van der Waals surface area contributed by atoms with Gasteiger partial charge in [0.2, 0.25) is 0 Å². The van der Waals surface area contributed by atoms with Crippen LogP contribution in [0.3, 0.4) is 0 Å². The average molecular weight is 329 g/mol. The summed E-state index contributed by atoms with van der Waals surface area (Å²) in [7, 11) is 1.60. The van der Waals surface area contributed by atoms with Crippen molar-refractivity contribution in [1.29, 1.82) is 0 Å². The van der Waals surface area contributed by atoms with Crippen LogP contribution in [0, 0.1) is 5.92 Å². The number of rotatable bonds is 8. The summed E-state index contributed by atoms with van der Waals surface area (Å²) in [5.74, 6) is 1.39. The predicted molar refractivity (Wildman–Crippen MR) is 79.9 cm³/mol. The van der Waals surface area contributed by atoms with Gasteiger partial charge in [-0.05, 0) is 52.9 Å². The first kappa shape index (κ1) is 16.2. The van der Waals surface area contributed by atoms with Gasteiger partial charge in [0, 0.05) is 12.2 Å². The van der Waals surface area contributed by atoms with Crippen LogP contribution in [0.5, 0.6) is 5.75 Å². The Morgan fingerprint density at radius 1 is 1.37 bits per heavy atom. The molecule has 0 aromatic heterocycles. The first-order valence-corrected chi connectivity index (χ1v) is 7.28. The summed E-state index contributed by atoms with van der Waals surface area (Å²) in [5.41, 5.74) is 0.636. The van der Waals surface area contributed by atoms with Gasteiger partial charge in [0.15, 0.2) is 5.78 Å². The summed E-state index contributed by atoms with van der Waals surface area (Å²) in [6, 6.07) is 5.29. The Kier molecular flexibility index (Phi) is 7.10. The molecule has 0 radical (unpaired) electrons. The third-order valence-corrected chi connectivity index (χ3v) is 3.40. The number of hydrogen-bond acceptors (Lipinski definition) is 3. The maximum absolute atomic E-state index is 11.9. The van der Waals surface area contributed by atoms with Crippen molar-refractivity contribution in [2.24, 2.45) is 5.92 Å². The van der Waals surface area contributed by atoms with Gasteiger partial charge >= 0.3 is 0 Å². The van der Waals surface area contributed by atoms with E-state index < -0.39 is 0 Å². The molecule has 1 aromatic rings. The number of benzene rings is 1. The van der Waals surface area contributed by atoms with Crippen LogP contribution in [-0.4, -0.2) is 26.1 Å². The lowest BCUT2D eigenvalue weighted by molar-refractivity contribution is 0.0749. The zero-order chi connectivity index (χ0) is 14.3. The maximum Gasteiger partial charge on any atom is 0.188 e. The van der Waals surface area contributed by atoms with Crippen molar-refractivity contribution in [3.63, 3.8) is 0 Å². The highest BCUT2D eigenvalue weighted by atomic mass is 79.9. The molecule has 0 atom stereocenters. The fraction of sp³-hybridized carbons (Fsp3) is 0.533. The molecule has 0 amide bonds. The molecule has 19 heavy (non-hydrogen) atoms. The van der Waals surface area contributed by atoms with E-state index in [2.05, 4.69) is 29.8 Å². The van der Waals surface area contributed by atoms with Crippen LogP contribution in [0.25, 0.3) is 0 Å². The van der Waals surface area contributed by atoms with E-state index in [1.807, 2.05) is 0 Å². The van der Waals surface area contributed by atoms with E-state index in [1.165, 1.54) is 0 Å². The van der Waals surface area contributed by atoms with Crippen LogP contribution in [0.2, 0.25) is 0 Å². The largest absolute Gasteiger partial charge is 0.496 e. The molecular formula is C15H21BrO3. The normalized spacial score (nSPS) is 10.8. The molecule has 0 aliphatic carbocycles. The predicted octanol–water partition coefficient (Wildman–Crippen LogP) is 4.09. The Hall–Kier alpha value is -0.870. The minimum absolute atomic E-state index is 0.00657. The van der Waals surface area contributed by atoms with Crippen LogP contribution in [0.4, 0.5) is 0 Å². The van der Waals surface area contributed by atoms with Crippen molar-refractivity contribution in [3.8, 4) is 5.75 Å². The second-order valence-corrected chi connectivity index (χ2v) is 5.72. The minimum atomic E-state index is -0.00657. The molecule has 1 aromatic carbocycles. The highest BCUT2D eigenvalue weighted by molar-refractivity contribution is 9.10. The summed E-state index contributed by atoms with van der Waals surface area (Å²) in [4.78, 5) is 11.9. The van der Waals surface area contributed by atoms with Gasteiger partial charge in [-0.2, -0.15) is 0 Å². The zero-order valence-electron chi connectivity index (χ0n) is 11.7. The molecule has 0 saturated heterocycles. The molecule has 0 N–H and O–H groups in total. The lowest BCUT2D eigenvalue weighted by Crippen LogP contribution is -2.10. The molecule has 0 fully saturated rings. The Bertz CT molecular complexity index is 416. The van der Waals surface area contributed by atoms with Gasteiger partial charge < -0.3 is 9.47 Å². The fourth-order valence-electron chi connectivity index (χ4n) is 1.68.